The van der Waals surface area contributed by atoms with E-state index in [1.807, 2.05) is 31.2 Å². The lowest BCUT2D eigenvalue weighted by molar-refractivity contribution is -0.114. The lowest BCUT2D eigenvalue weighted by Gasteiger charge is -2.10. The third kappa shape index (κ3) is 3.07. The zero-order valence-corrected chi connectivity index (χ0v) is 10.9. The summed E-state index contributed by atoms with van der Waals surface area (Å²) in [6.45, 7) is 3.35. The summed E-state index contributed by atoms with van der Waals surface area (Å²) in [5, 5.41) is 2.71. The van der Waals surface area contributed by atoms with Crippen LogP contribution in [0.3, 0.4) is 0 Å². The van der Waals surface area contributed by atoms with Crippen LogP contribution in [0.1, 0.15) is 28.4 Å². The van der Waals surface area contributed by atoms with Crippen molar-refractivity contribution in [2.45, 2.75) is 13.8 Å². The Morgan fingerprint density at radius 2 is 1.68 bits per heavy atom. The van der Waals surface area contributed by atoms with Gasteiger partial charge in [0.1, 0.15) is 0 Å². The summed E-state index contributed by atoms with van der Waals surface area (Å²) < 4.78 is 0. The molecule has 0 unspecified atom stereocenters. The van der Waals surface area contributed by atoms with Gasteiger partial charge in [0.25, 0.3) is 0 Å². The molecule has 96 valence electrons. The second-order valence-electron chi connectivity index (χ2n) is 4.43. The number of hydrogen-bond donors (Lipinski definition) is 1. The van der Waals surface area contributed by atoms with Gasteiger partial charge in [-0.1, -0.05) is 36.4 Å². The number of carbonyl (C=O) groups excluding carboxylic acids is 2. The van der Waals surface area contributed by atoms with Crippen LogP contribution in [0.2, 0.25) is 0 Å². The van der Waals surface area contributed by atoms with Crippen LogP contribution < -0.4 is 5.32 Å². The molecule has 0 saturated heterocycles. The molecule has 1 amide bonds. The lowest BCUT2D eigenvalue weighted by Crippen LogP contribution is -2.12. The Morgan fingerprint density at radius 3 is 2.32 bits per heavy atom. The topological polar surface area (TPSA) is 46.2 Å². The first-order valence-electron chi connectivity index (χ1n) is 6.06. The third-order valence-corrected chi connectivity index (χ3v) is 2.77. The molecule has 0 fully saturated rings. The average molecular weight is 253 g/mol. The second kappa shape index (κ2) is 5.48. The van der Waals surface area contributed by atoms with Crippen molar-refractivity contribution >= 4 is 17.4 Å². The summed E-state index contributed by atoms with van der Waals surface area (Å²) in [7, 11) is 0. The smallest absolute Gasteiger partial charge is 0.221 e. The molecule has 2 aromatic carbocycles. The van der Waals surface area contributed by atoms with Crippen molar-refractivity contribution in [2.75, 3.05) is 5.32 Å². The minimum Gasteiger partial charge on any atom is -0.326 e. The van der Waals surface area contributed by atoms with Gasteiger partial charge in [0, 0.05) is 18.1 Å². The molecule has 0 bridgehead atoms. The van der Waals surface area contributed by atoms with Crippen LogP contribution in [0.4, 0.5) is 5.69 Å². The van der Waals surface area contributed by atoms with Gasteiger partial charge < -0.3 is 5.32 Å². The lowest BCUT2D eigenvalue weighted by atomic mass is 10.00. The Labute approximate surface area is 112 Å². The number of rotatable bonds is 3. The molecule has 0 aliphatic carbocycles. The van der Waals surface area contributed by atoms with Crippen LogP contribution in [-0.2, 0) is 4.79 Å². The van der Waals surface area contributed by atoms with Crippen LogP contribution in [0.5, 0.6) is 0 Å². The number of nitrogens with one attached hydrogen (secondary N) is 1. The number of hydrogen-bond acceptors (Lipinski definition) is 2. The monoisotopic (exact) mass is 253 g/mol. The molecule has 3 heteroatoms. The van der Waals surface area contributed by atoms with Crippen molar-refractivity contribution in [2.24, 2.45) is 0 Å². The average Bonchev–Trinajstić information content (AvgIpc) is 2.38. The molecule has 0 saturated carbocycles. The van der Waals surface area contributed by atoms with E-state index < -0.39 is 0 Å². The van der Waals surface area contributed by atoms with Crippen molar-refractivity contribution in [1.82, 2.24) is 0 Å². The fourth-order valence-electron chi connectivity index (χ4n) is 1.89. The highest BCUT2D eigenvalue weighted by Crippen LogP contribution is 2.21. The van der Waals surface area contributed by atoms with E-state index in [-0.39, 0.29) is 11.7 Å². The Morgan fingerprint density at radius 1 is 1.00 bits per heavy atom. The summed E-state index contributed by atoms with van der Waals surface area (Å²) >= 11 is 0. The molecular formula is C16H15NO2. The highest BCUT2D eigenvalue weighted by atomic mass is 16.1. The summed E-state index contributed by atoms with van der Waals surface area (Å²) in [6.07, 6.45) is 0. The molecule has 0 aromatic heterocycles. The van der Waals surface area contributed by atoms with Gasteiger partial charge in [-0.15, -0.1) is 0 Å². The van der Waals surface area contributed by atoms with E-state index in [9.17, 15) is 9.59 Å². The summed E-state index contributed by atoms with van der Waals surface area (Å²) in [5.41, 5.74) is 2.67. The second-order valence-corrected chi connectivity index (χ2v) is 4.43. The maximum absolute atomic E-state index is 12.4. The fourth-order valence-corrected chi connectivity index (χ4v) is 1.89. The quantitative estimate of drug-likeness (QED) is 0.854. The Bertz CT molecular complexity index is 618. The molecule has 2 aromatic rings. The minimum absolute atomic E-state index is 0.0932. The summed E-state index contributed by atoms with van der Waals surface area (Å²) in [6, 6.07) is 14.4. The van der Waals surface area contributed by atoms with Crippen molar-refractivity contribution < 1.29 is 9.59 Å². The van der Waals surface area contributed by atoms with Gasteiger partial charge in [-0.2, -0.15) is 0 Å². The molecule has 0 aliphatic heterocycles. The van der Waals surface area contributed by atoms with Gasteiger partial charge in [0.15, 0.2) is 5.78 Å². The first-order chi connectivity index (χ1) is 9.08. The van der Waals surface area contributed by atoms with Crippen LogP contribution in [0.15, 0.2) is 48.5 Å². The minimum atomic E-state index is -0.187. The molecule has 0 aliphatic rings. The number of amides is 1. The highest BCUT2D eigenvalue weighted by Gasteiger charge is 2.14. The zero-order valence-electron chi connectivity index (χ0n) is 10.9. The summed E-state index contributed by atoms with van der Waals surface area (Å²) in [5.74, 6) is -0.280. The van der Waals surface area contributed by atoms with E-state index >= 15 is 0 Å². The van der Waals surface area contributed by atoms with Crippen molar-refractivity contribution in [3.63, 3.8) is 0 Å². The van der Waals surface area contributed by atoms with E-state index in [0.717, 1.165) is 5.56 Å². The number of aryl methyl sites for hydroxylation is 1. The van der Waals surface area contributed by atoms with Crippen molar-refractivity contribution in [3.05, 3.63) is 65.2 Å². The summed E-state index contributed by atoms with van der Waals surface area (Å²) in [4.78, 5) is 23.6. The predicted molar refractivity (Wildman–Crippen MR) is 75.4 cm³/mol. The first-order valence-corrected chi connectivity index (χ1v) is 6.06. The third-order valence-electron chi connectivity index (χ3n) is 2.77. The molecule has 0 atom stereocenters. The standard InChI is InChI=1S/C16H15NO2/c1-11-8-9-14(15(10-11)17-12(2)18)16(19)13-6-4-3-5-7-13/h3-10H,1-2H3,(H,17,18). The van der Waals surface area contributed by atoms with Crippen LogP contribution in [0, 0.1) is 6.92 Å². The van der Waals surface area contributed by atoms with Crippen LogP contribution >= 0.6 is 0 Å². The Balaban J connectivity index is 2.44. The predicted octanol–water partition coefficient (Wildman–Crippen LogP) is 3.18. The van der Waals surface area contributed by atoms with E-state index in [2.05, 4.69) is 5.32 Å². The van der Waals surface area contributed by atoms with Gasteiger partial charge in [-0.3, -0.25) is 9.59 Å². The number of ketones is 1. The molecular weight excluding hydrogens is 238 g/mol. The largest absolute Gasteiger partial charge is 0.326 e. The first kappa shape index (κ1) is 13.0. The molecule has 3 nitrogen and oxygen atoms in total. The van der Waals surface area contributed by atoms with E-state index in [4.69, 9.17) is 0 Å². The van der Waals surface area contributed by atoms with Gasteiger partial charge in [-0.25, -0.2) is 0 Å². The molecule has 1 N–H and O–H groups in total. The Hall–Kier alpha value is -2.42. The highest BCUT2D eigenvalue weighted by molar-refractivity contribution is 6.13. The SMILES string of the molecule is CC(=O)Nc1cc(C)ccc1C(=O)c1ccccc1. The number of carbonyl (C=O) groups is 2. The molecule has 19 heavy (non-hydrogen) atoms. The molecule has 0 spiro atoms. The maximum atomic E-state index is 12.4. The van der Waals surface area contributed by atoms with E-state index in [0.29, 0.717) is 16.8 Å². The van der Waals surface area contributed by atoms with E-state index in [1.165, 1.54) is 6.92 Å². The zero-order chi connectivity index (χ0) is 13.8. The normalized spacial score (nSPS) is 10.0. The van der Waals surface area contributed by atoms with E-state index in [1.54, 1.807) is 24.3 Å². The maximum Gasteiger partial charge on any atom is 0.221 e. The molecule has 0 radical (unpaired) electrons. The number of anilines is 1. The van der Waals surface area contributed by atoms with Gasteiger partial charge in [-0.05, 0) is 24.6 Å². The fraction of sp³-hybridized carbons (Fsp3) is 0.125. The Kier molecular flexibility index (Phi) is 3.76. The van der Waals surface area contributed by atoms with Gasteiger partial charge in [0.05, 0.1) is 5.69 Å². The van der Waals surface area contributed by atoms with Crippen molar-refractivity contribution in [3.8, 4) is 0 Å². The van der Waals surface area contributed by atoms with Crippen molar-refractivity contribution in [1.29, 1.82) is 0 Å². The molecule has 0 heterocycles. The van der Waals surface area contributed by atoms with Crippen LogP contribution in [-0.4, -0.2) is 11.7 Å². The van der Waals surface area contributed by atoms with Gasteiger partial charge in [0.2, 0.25) is 5.91 Å². The van der Waals surface area contributed by atoms with Gasteiger partial charge >= 0.3 is 0 Å². The van der Waals surface area contributed by atoms with Crippen LogP contribution in [0.25, 0.3) is 0 Å². The number of benzene rings is 2. The molecule has 2 rings (SSSR count).